The largest absolute Gasteiger partial charge is 0.444 e. The van der Waals surface area contributed by atoms with Crippen LogP contribution in [-0.4, -0.2) is 28.7 Å². The van der Waals surface area contributed by atoms with Gasteiger partial charge in [-0.15, -0.1) is 0 Å². The molecule has 0 N–H and O–H groups in total. The summed E-state index contributed by atoms with van der Waals surface area (Å²) in [6, 6.07) is 0. The van der Waals surface area contributed by atoms with Crippen LogP contribution in [0.4, 0.5) is 4.79 Å². The third-order valence-electron chi connectivity index (χ3n) is 3.77. The van der Waals surface area contributed by atoms with Gasteiger partial charge in [-0.2, -0.15) is 0 Å². The van der Waals surface area contributed by atoms with Crippen LogP contribution >= 0.6 is 0 Å². The summed E-state index contributed by atoms with van der Waals surface area (Å²) in [5.41, 5.74) is -0.516. The average molecular weight is 255 g/mol. The molecule has 0 saturated carbocycles. The van der Waals surface area contributed by atoms with Crippen LogP contribution in [0.5, 0.6) is 0 Å². The molecule has 0 aromatic carbocycles. The van der Waals surface area contributed by atoms with Crippen molar-refractivity contribution >= 4 is 6.09 Å². The summed E-state index contributed by atoms with van der Waals surface area (Å²) in [6.45, 7) is 15.4. The molecule has 1 aliphatic rings. The molecule has 3 heteroatoms. The standard InChI is InChI=1S/C15H29NO2/c1-11(2)12-8-9-16(15(6,7)10-12)13(17)18-14(3,4)5/h11-12H,8-10H2,1-7H3. The Kier molecular flexibility index (Phi) is 4.34. The van der Waals surface area contributed by atoms with Gasteiger partial charge >= 0.3 is 6.09 Å². The van der Waals surface area contributed by atoms with Crippen LogP contribution in [0.3, 0.4) is 0 Å². The molecule has 3 nitrogen and oxygen atoms in total. The molecule has 0 spiro atoms. The van der Waals surface area contributed by atoms with Crippen molar-refractivity contribution in [2.45, 2.75) is 72.4 Å². The molecule has 0 radical (unpaired) electrons. The Labute approximate surface area is 112 Å². The van der Waals surface area contributed by atoms with Crippen molar-refractivity contribution in [1.29, 1.82) is 0 Å². The molecule has 1 saturated heterocycles. The number of rotatable bonds is 1. The second-order valence-corrected chi connectivity index (χ2v) is 7.44. The maximum Gasteiger partial charge on any atom is 0.410 e. The van der Waals surface area contributed by atoms with E-state index < -0.39 is 5.60 Å². The molecule has 1 amide bonds. The normalized spacial score (nSPS) is 24.2. The van der Waals surface area contributed by atoms with Crippen molar-refractivity contribution in [3.8, 4) is 0 Å². The predicted octanol–water partition coefficient (Wildman–Crippen LogP) is 4.07. The number of amides is 1. The Morgan fingerprint density at radius 2 is 1.89 bits per heavy atom. The number of nitrogens with zero attached hydrogens (tertiary/aromatic N) is 1. The van der Waals surface area contributed by atoms with Gasteiger partial charge in [0.05, 0.1) is 0 Å². The van der Waals surface area contributed by atoms with E-state index in [9.17, 15) is 4.79 Å². The number of hydrogen-bond acceptors (Lipinski definition) is 2. The first-order chi connectivity index (χ1) is 8.03. The van der Waals surface area contributed by atoms with Crippen molar-refractivity contribution in [3.05, 3.63) is 0 Å². The van der Waals surface area contributed by atoms with Crippen molar-refractivity contribution in [1.82, 2.24) is 4.90 Å². The SMILES string of the molecule is CC(C)C1CCN(C(=O)OC(C)(C)C)C(C)(C)C1. The molecule has 1 atom stereocenters. The number of ether oxygens (including phenoxy) is 1. The van der Waals surface area contributed by atoms with Gasteiger partial charge in [-0.25, -0.2) is 4.79 Å². The molecule has 0 bridgehead atoms. The fraction of sp³-hybridized carbons (Fsp3) is 0.933. The zero-order chi connectivity index (χ0) is 14.1. The number of hydrogen-bond donors (Lipinski definition) is 0. The second kappa shape index (κ2) is 5.10. The lowest BCUT2D eigenvalue weighted by Crippen LogP contribution is -2.54. The van der Waals surface area contributed by atoms with E-state index in [-0.39, 0.29) is 11.6 Å². The van der Waals surface area contributed by atoms with E-state index in [1.165, 1.54) is 0 Å². The molecule has 1 heterocycles. The number of carbonyl (C=O) groups is 1. The predicted molar refractivity (Wildman–Crippen MR) is 74.6 cm³/mol. The Morgan fingerprint density at radius 3 is 2.28 bits per heavy atom. The zero-order valence-corrected chi connectivity index (χ0v) is 13.0. The zero-order valence-electron chi connectivity index (χ0n) is 13.0. The van der Waals surface area contributed by atoms with E-state index in [0.717, 1.165) is 19.4 Å². The molecule has 1 rings (SSSR count). The first-order valence-electron chi connectivity index (χ1n) is 7.03. The highest BCUT2D eigenvalue weighted by atomic mass is 16.6. The Balaban J connectivity index is 2.71. The highest BCUT2D eigenvalue weighted by Crippen LogP contribution is 2.36. The minimum absolute atomic E-state index is 0.102. The minimum Gasteiger partial charge on any atom is -0.444 e. The maximum atomic E-state index is 12.2. The van der Waals surface area contributed by atoms with Crippen molar-refractivity contribution in [3.63, 3.8) is 0 Å². The van der Waals surface area contributed by atoms with E-state index in [0.29, 0.717) is 11.8 Å². The van der Waals surface area contributed by atoms with Crippen molar-refractivity contribution in [2.24, 2.45) is 11.8 Å². The van der Waals surface area contributed by atoms with Crippen molar-refractivity contribution < 1.29 is 9.53 Å². The molecular weight excluding hydrogens is 226 g/mol. The van der Waals surface area contributed by atoms with Gasteiger partial charge in [0.1, 0.15) is 5.60 Å². The lowest BCUT2D eigenvalue weighted by atomic mass is 9.77. The monoisotopic (exact) mass is 255 g/mol. The lowest BCUT2D eigenvalue weighted by molar-refractivity contribution is -0.0188. The lowest BCUT2D eigenvalue weighted by Gasteiger charge is -2.46. The van der Waals surface area contributed by atoms with Gasteiger partial charge in [-0.1, -0.05) is 13.8 Å². The third kappa shape index (κ3) is 3.89. The molecular formula is C15H29NO2. The molecule has 1 fully saturated rings. The van der Waals surface area contributed by atoms with Crippen molar-refractivity contribution in [2.75, 3.05) is 6.54 Å². The van der Waals surface area contributed by atoms with E-state index in [1.807, 2.05) is 25.7 Å². The summed E-state index contributed by atoms with van der Waals surface area (Å²) in [5.74, 6) is 1.39. The summed E-state index contributed by atoms with van der Waals surface area (Å²) in [7, 11) is 0. The molecule has 106 valence electrons. The van der Waals surface area contributed by atoms with Gasteiger partial charge in [0.15, 0.2) is 0 Å². The van der Waals surface area contributed by atoms with Crippen LogP contribution < -0.4 is 0 Å². The number of piperidine rings is 1. The van der Waals surface area contributed by atoms with Gasteiger partial charge in [0, 0.05) is 12.1 Å². The summed E-state index contributed by atoms with van der Waals surface area (Å²) in [5, 5.41) is 0. The van der Waals surface area contributed by atoms with Gasteiger partial charge in [-0.05, 0) is 59.3 Å². The Hall–Kier alpha value is -0.730. The average Bonchev–Trinajstić information content (AvgIpc) is 2.12. The second-order valence-electron chi connectivity index (χ2n) is 7.44. The summed E-state index contributed by atoms with van der Waals surface area (Å²) in [6.07, 6.45) is 1.97. The van der Waals surface area contributed by atoms with Crippen LogP contribution in [0.25, 0.3) is 0 Å². The van der Waals surface area contributed by atoms with Crippen LogP contribution in [0.15, 0.2) is 0 Å². The summed E-state index contributed by atoms with van der Waals surface area (Å²) >= 11 is 0. The number of likely N-dealkylation sites (tertiary alicyclic amines) is 1. The van der Waals surface area contributed by atoms with Gasteiger partial charge in [0.2, 0.25) is 0 Å². The van der Waals surface area contributed by atoms with E-state index in [2.05, 4.69) is 27.7 Å². The molecule has 1 unspecified atom stereocenters. The first kappa shape index (κ1) is 15.3. The van der Waals surface area contributed by atoms with E-state index in [4.69, 9.17) is 4.74 Å². The fourth-order valence-corrected chi connectivity index (χ4v) is 2.68. The fourth-order valence-electron chi connectivity index (χ4n) is 2.68. The molecule has 1 aliphatic heterocycles. The van der Waals surface area contributed by atoms with Gasteiger partial charge < -0.3 is 9.64 Å². The Bertz CT molecular complexity index is 302. The van der Waals surface area contributed by atoms with E-state index in [1.54, 1.807) is 0 Å². The first-order valence-corrected chi connectivity index (χ1v) is 7.03. The van der Waals surface area contributed by atoms with Crippen LogP contribution in [-0.2, 0) is 4.74 Å². The maximum absolute atomic E-state index is 12.2. The molecule has 0 aromatic heterocycles. The quantitative estimate of drug-likeness (QED) is 0.707. The third-order valence-corrected chi connectivity index (χ3v) is 3.77. The van der Waals surface area contributed by atoms with E-state index >= 15 is 0 Å². The van der Waals surface area contributed by atoms with Gasteiger partial charge in [0.25, 0.3) is 0 Å². The van der Waals surface area contributed by atoms with Gasteiger partial charge in [-0.3, -0.25) is 0 Å². The van der Waals surface area contributed by atoms with Crippen LogP contribution in [0.1, 0.15) is 61.3 Å². The van der Waals surface area contributed by atoms with Crippen LogP contribution in [0, 0.1) is 11.8 Å². The Morgan fingerprint density at radius 1 is 1.33 bits per heavy atom. The highest BCUT2D eigenvalue weighted by Gasteiger charge is 2.40. The molecule has 18 heavy (non-hydrogen) atoms. The molecule has 0 aliphatic carbocycles. The van der Waals surface area contributed by atoms with Crippen LogP contribution in [0.2, 0.25) is 0 Å². The summed E-state index contributed by atoms with van der Waals surface area (Å²) in [4.78, 5) is 14.1. The minimum atomic E-state index is -0.415. The molecule has 0 aromatic rings. The highest BCUT2D eigenvalue weighted by molar-refractivity contribution is 5.69. The topological polar surface area (TPSA) is 29.5 Å². The number of carbonyl (C=O) groups excluding carboxylic acids is 1. The smallest absolute Gasteiger partial charge is 0.410 e. The summed E-state index contributed by atoms with van der Waals surface area (Å²) < 4.78 is 5.50.